The Hall–Kier alpha value is -7.11. The molecular weight excluding hydrogens is 709 g/mol. The first-order valence-corrected chi connectivity index (χ1v) is 20.3. The highest BCUT2D eigenvalue weighted by Gasteiger charge is 2.52. The molecule has 0 amide bonds. The van der Waals surface area contributed by atoms with Gasteiger partial charge in [0.15, 0.2) is 0 Å². The van der Waals surface area contributed by atoms with Crippen molar-refractivity contribution in [3.8, 4) is 11.4 Å². The zero-order chi connectivity index (χ0) is 38.4. The molecule has 0 saturated carbocycles. The van der Waals surface area contributed by atoms with Crippen LogP contribution in [0.2, 0.25) is 0 Å². The van der Waals surface area contributed by atoms with E-state index in [0.717, 1.165) is 58.2 Å². The molecule has 2 aliphatic carbocycles. The van der Waals surface area contributed by atoms with Crippen LogP contribution in [0, 0.1) is 5.92 Å². The molecule has 278 valence electrons. The van der Waals surface area contributed by atoms with Crippen LogP contribution in [0.1, 0.15) is 58.6 Å². The van der Waals surface area contributed by atoms with E-state index in [1.807, 2.05) is 0 Å². The zero-order valence-corrected chi connectivity index (χ0v) is 32.1. The van der Waals surface area contributed by atoms with Crippen molar-refractivity contribution in [2.45, 2.75) is 31.4 Å². The van der Waals surface area contributed by atoms with Crippen molar-refractivity contribution in [1.82, 2.24) is 14.5 Å². The summed E-state index contributed by atoms with van der Waals surface area (Å²) in [5.74, 6) is 2.05. The molecule has 0 spiro atoms. The van der Waals surface area contributed by atoms with Crippen LogP contribution < -0.4 is 5.32 Å². The minimum absolute atomic E-state index is 0.134. The van der Waals surface area contributed by atoms with Gasteiger partial charge in [-0.25, -0.2) is 0 Å². The van der Waals surface area contributed by atoms with Gasteiger partial charge in [-0.1, -0.05) is 140 Å². The van der Waals surface area contributed by atoms with Crippen LogP contribution in [0.25, 0.3) is 50.7 Å². The minimum atomic E-state index is -0.562. The number of fused-ring (bicyclic) bond motifs is 10. The van der Waals surface area contributed by atoms with Crippen molar-refractivity contribution in [3.05, 3.63) is 221 Å². The third kappa shape index (κ3) is 4.80. The molecule has 6 aromatic carbocycles. The minimum Gasteiger partial charge on any atom is -0.481 e. The number of ether oxygens (including phenoxy) is 1. The SMILES string of the molecule is CC12OC3=C(CCc4c3c3ccccc3n4-c3ccccc3C3=CC(c4ccccc4)N=C(c4ccccc4)N3)C1C=Cc1c2c2ccccc2n1-c1ccccc1. The number of rotatable bonds is 5. The maximum Gasteiger partial charge on any atom is 0.144 e. The highest BCUT2D eigenvalue weighted by molar-refractivity contribution is 6.06. The Morgan fingerprint density at radius 2 is 1.33 bits per heavy atom. The van der Waals surface area contributed by atoms with Crippen LogP contribution >= 0.6 is 0 Å². The molecule has 8 aromatic rings. The first-order valence-electron chi connectivity index (χ1n) is 20.3. The van der Waals surface area contributed by atoms with Crippen LogP contribution in [0.5, 0.6) is 0 Å². The van der Waals surface area contributed by atoms with E-state index >= 15 is 0 Å². The number of para-hydroxylation sites is 4. The molecule has 0 saturated heterocycles. The van der Waals surface area contributed by atoms with Gasteiger partial charge in [0, 0.05) is 56.0 Å². The molecule has 58 heavy (non-hydrogen) atoms. The molecule has 0 fully saturated rings. The molecule has 3 atom stereocenters. The second-order valence-electron chi connectivity index (χ2n) is 15.9. The highest BCUT2D eigenvalue weighted by Crippen LogP contribution is 2.59. The van der Waals surface area contributed by atoms with Crippen molar-refractivity contribution in [2.75, 3.05) is 0 Å². The number of aromatic nitrogens is 2. The second-order valence-corrected chi connectivity index (χ2v) is 15.9. The fourth-order valence-electron chi connectivity index (χ4n) is 10.2. The van der Waals surface area contributed by atoms with Crippen LogP contribution in [0.3, 0.4) is 0 Å². The highest BCUT2D eigenvalue weighted by atomic mass is 16.5. The summed E-state index contributed by atoms with van der Waals surface area (Å²) in [4.78, 5) is 5.24. The predicted molar refractivity (Wildman–Crippen MR) is 236 cm³/mol. The van der Waals surface area contributed by atoms with Crippen LogP contribution in [-0.4, -0.2) is 15.0 Å². The summed E-state index contributed by atoms with van der Waals surface area (Å²) in [6.45, 7) is 2.32. The summed E-state index contributed by atoms with van der Waals surface area (Å²) < 4.78 is 12.5. The van der Waals surface area contributed by atoms with Crippen molar-refractivity contribution in [3.63, 3.8) is 0 Å². The summed E-state index contributed by atoms with van der Waals surface area (Å²) in [5.41, 5.74) is 14.9. The standard InChI is InChI=1S/C53H40N4O/c1-53-41(30-32-48-50(53)40-25-13-16-28-46(40)56(48)36-21-9-4-10-22-36)37-29-31-47-49(51(37)58-53)39-24-12-15-27-45(39)57(47)44-26-14-11-23-38(44)43-33-42(34-17-5-2-6-18-34)54-52(55-43)35-19-7-3-8-20-35/h2-28,30,32-33,41-42H,29,31H2,1H3,(H,54,55). The first kappa shape index (κ1) is 33.1. The number of amidine groups is 1. The third-order valence-corrected chi connectivity index (χ3v) is 12.7. The Bertz CT molecular complexity index is 3070. The second kappa shape index (κ2) is 12.7. The molecule has 12 rings (SSSR count). The molecule has 5 heteroatoms. The van der Waals surface area contributed by atoms with Crippen LogP contribution in [0.15, 0.2) is 187 Å². The number of benzene rings is 6. The predicted octanol–water partition coefficient (Wildman–Crippen LogP) is 12.0. The lowest BCUT2D eigenvalue weighted by atomic mass is 9.73. The number of hydrogen-bond donors (Lipinski definition) is 1. The van der Waals surface area contributed by atoms with Gasteiger partial charge in [-0.2, -0.15) is 0 Å². The average molecular weight is 749 g/mol. The average Bonchev–Trinajstić information content (AvgIpc) is 3.92. The quantitative estimate of drug-likeness (QED) is 0.190. The van der Waals surface area contributed by atoms with Gasteiger partial charge in [0.05, 0.1) is 28.5 Å². The first-order chi connectivity index (χ1) is 28.7. The molecule has 2 aromatic heterocycles. The Morgan fingerprint density at radius 1 is 0.672 bits per heavy atom. The van der Waals surface area contributed by atoms with E-state index in [1.165, 1.54) is 49.9 Å². The topological polar surface area (TPSA) is 43.5 Å². The van der Waals surface area contributed by atoms with Crippen molar-refractivity contribution < 1.29 is 4.74 Å². The van der Waals surface area contributed by atoms with Gasteiger partial charge < -0.3 is 19.2 Å². The molecule has 3 unspecified atom stereocenters. The van der Waals surface area contributed by atoms with Crippen LogP contribution in [0.4, 0.5) is 0 Å². The van der Waals surface area contributed by atoms with Crippen molar-refractivity contribution in [1.29, 1.82) is 0 Å². The van der Waals surface area contributed by atoms with E-state index in [2.05, 4.69) is 203 Å². The third-order valence-electron chi connectivity index (χ3n) is 12.7. The Kier molecular flexibility index (Phi) is 7.24. The van der Waals surface area contributed by atoms with Gasteiger partial charge in [-0.3, -0.25) is 4.99 Å². The van der Waals surface area contributed by atoms with Crippen molar-refractivity contribution >= 4 is 45.2 Å². The smallest absolute Gasteiger partial charge is 0.144 e. The molecule has 0 bridgehead atoms. The summed E-state index contributed by atoms with van der Waals surface area (Å²) >= 11 is 0. The largest absolute Gasteiger partial charge is 0.481 e. The monoisotopic (exact) mass is 748 g/mol. The Balaban J connectivity index is 1.01. The summed E-state index contributed by atoms with van der Waals surface area (Å²) in [5, 5.41) is 6.25. The lowest BCUT2D eigenvalue weighted by Gasteiger charge is -2.34. The molecule has 2 aliphatic heterocycles. The normalized spacial score (nSPS) is 20.4. The van der Waals surface area contributed by atoms with E-state index in [0.29, 0.717) is 0 Å². The van der Waals surface area contributed by atoms with Gasteiger partial charge in [-0.05, 0) is 73.4 Å². The van der Waals surface area contributed by atoms with E-state index < -0.39 is 5.60 Å². The molecule has 5 nitrogen and oxygen atoms in total. The molecule has 4 aliphatic rings. The number of nitrogens with one attached hydrogen (secondary N) is 1. The van der Waals surface area contributed by atoms with E-state index in [9.17, 15) is 0 Å². The van der Waals surface area contributed by atoms with E-state index in [4.69, 9.17) is 9.73 Å². The van der Waals surface area contributed by atoms with Gasteiger partial charge in [-0.15, -0.1) is 0 Å². The summed E-state index contributed by atoms with van der Waals surface area (Å²) in [7, 11) is 0. The van der Waals surface area contributed by atoms with Gasteiger partial charge in [0.1, 0.15) is 17.2 Å². The lowest BCUT2D eigenvalue weighted by molar-refractivity contribution is 0.0511. The number of nitrogens with zero attached hydrogens (tertiary/aromatic N) is 3. The Labute approximate surface area is 337 Å². The van der Waals surface area contributed by atoms with E-state index in [1.54, 1.807) is 0 Å². The van der Waals surface area contributed by atoms with Crippen molar-refractivity contribution in [2.24, 2.45) is 10.9 Å². The number of hydrogen-bond acceptors (Lipinski definition) is 3. The van der Waals surface area contributed by atoms with Gasteiger partial charge >= 0.3 is 0 Å². The van der Waals surface area contributed by atoms with Gasteiger partial charge in [0.25, 0.3) is 0 Å². The molecule has 0 radical (unpaired) electrons. The summed E-state index contributed by atoms with van der Waals surface area (Å²) in [6.07, 6.45) is 8.89. The Morgan fingerprint density at radius 3 is 2.12 bits per heavy atom. The maximum atomic E-state index is 7.56. The summed E-state index contributed by atoms with van der Waals surface area (Å²) in [6, 6.07) is 58.1. The molecule has 1 N–H and O–H groups in total. The maximum absolute atomic E-state index is 7.56. The fraction of sp³-hybridized carbons (Fsp3) is 0.113. The molecular formula is C53H40N4O. The lowest BCUT2D eigenvalue weighted by Crippen LogP contribution is -2.32. The number of aliphatic imine (C=N–C) groups is 1. The zero-order valence-electron chi connectivity index (χ0n) is 32.1. The van der Waals surface area contributed by atoms with Gasteiger partial charge in [0.2, 0.25) is 0 Å². The fourth-order valence-corrected chi connectivity index (χ4v) is 10.2. The molecule has 4 heterocycles. The van der Waals surface area contributed by atoms with Crippen LogP contribution in [-0.2, 0) is 16.8 Å². The van der Waals surface area contributed by atoms with E-state index in [-0.39, 0.29) is 12.0 Å².